The molecule has 5 rings (SSSR count). The van der Waals surface area contributed by atoms with Gasteiger partial charge < -0.3 is 15.2 Å². The molecule has 0 radical (unpaired) electrons. The lowest BCUT2D eigenvalue weighted by Crippen LogP contribution is -2.30. The number of aromatic amines is 1. The topological polar surface area (TPSA) is 78.1 Å². The summed E-state index contributed by atoms with van der Waals surface area (Å²) in [6, 6.07) is 15.5. The van der Waals surface area contributed by atoms with Crippen LogP contribution >= 0.6 is 0 Å². The van der Waals surface area contributed by atoms with Gasteiger partial charge in [-0.25, -0.2) is 4.98 Å². The molecule has 2 aromatic carbocycles. The third-order valence-corrected chi connectivity index (χ3v) is 5.59. The van der Waals surface area contributed by atoms with Crippen molar-refractivity contribution in [2.45, 2.75) is 19.3 Å². The van der Waals surface area contributed by atoms with Crippen LogP contribution in [0.4, 0.5) is 5.69 Å². The molecule has 1 aliphatic carbocycles. The SMILES string of the molecule is O=C(Nc1ccccc1-c1nc2ccccc2[nH]1)C1CC(=O)N(CC2CC2)C1. The van der Waals surface area contributed by atoms with E-state index in [0.29, 0.717) is 24.6 Å². The molecule has 1 aliphatic heterocycles. The Kier molecular flexibility index (Phi) is 4.11. The van der Waals surface area contributed by atoms with E-state index in [-0.39, 0.29) is 17.7 Å². The Morgan fingerprint density at radius 3 is 2.75 bits per heavy atom. The smallest absolute Gasteiger partial charge is 0.229 e. The summed E-state index contributed by atoms with van der Waals surface area (Å²) in [4.78, 5) is 34.9. The van der Waals surface area contributed by atoms with E-state index in [1.54, 1.807) is 0 Å². The fraction of sp³-hybridized carbons (Fsp3) is 0.318. The maximum absolute atomic E-state index is 12.8. The number of amides is 2. The summed E-state index contributed by atoms with van der Waals surface area (Å²) in [6.07, 6.45) is 2.70. The number of hydrogen-bond donors (Lipinski definition) is 2. The van der Waals surface area contributed by atoms with Gasteiger partial charge in [0.25, 0.3) is 0 Å². The van der Waals surface area contributed by atoms with Crippen LogP contribution in [0.15, 0.2) is 48.5 Å². The van der Waals surface area contributed by atoms with Gasteiger partial charge in [0.1, 0.15) is 5.82 Å². The fourth-order valence-electron chi connectivity index (χ4n) is 3.85. The molecular formula is C22H22N4O2. The quantitative estimate of drug-likeness (QED) is 0.718. The third-order valence-electron chi connectivity index (χ3n) is 5.59. The van der Waals surface area contributed by atoms with E-state index >= 15 is 0 Å². The molecule has 28 heavy (non-hydrogen) atoms. The predicted octanol–water partition coefficient (Wildman–Crippen LogP) is 3.43. The average Bonchev–Trinajstić information content (AvgIpc) is 3.29. The van der Waals surface area contributed by atoms with Gasteiger partial charge in [0.15, 0.2) is 0 Å². The number of aromatic nitrogens is 2. The van der Waals surface area contributed by atoms with Gasteiger partial charge >= 0.3 is 0 Å². The zero-order chi connectivity index (χ0) is 19.1. The minimum Gasteiger partial charge on any atom is -0.342 e. The van der Waals surface area contributed by atoms with Crippen molar-refractivity contribution in [3.63, 3.8) is 0 Å². The van der Waals surface area contributed by atoms with Crippen LogP contribution in [-0.2, 0) is 9.59 Å². The van der Waals surface area contributed by atoms with E-state index in [1.165, 1.54) is 12.8 Å². The Morgan fingerprint density at radius 2 is 1.93 bits per heavy atom. The molecule has 6 heteroatoms. The van der Waals surface area contributed by atoms with E-state index in [0.717, 1.165) is 29.0 Å². The lowest BCUT2D eigenvalue weighted by atomic mass is 10.1. The van der Waals surface area contributed by atoms with Crippen LogP contribution in [0.5, 0.6) is 0 Å². The first-order chi connectivity index (χ1) is 13.7. The van der Waals surface area contributed by atoms with Crippen LogP contribution in [-0.4, -0.2) is 39.8 Å². The molecule has 6 nitrogen and oxygen atoms in total. The highest BCUT2D eigenvalue weighted by Gasteiger charge is 2.37. The lowest BCUT2D eigenvalue weighted by Gasteiger charge is -2.16. The highest BCUT2D eigenvalue weighted by atomic mass is 16.2. The summed E-state index contributed by atoms with van der Waals surface area (Å²) in [5.74, 6) is 1.05. The van der Waals surface area contributed by atoms with Crippen LogP contribution in [0, 0.1) is 11.8 Å². The van der Waals surface area contributed by atoms with Crippen molar-refractivity contribution in [3.8, 4) is 11.4 Å². The Bertz CT molecular complexity index is 1020. The molecule has 2 aliphatic rings. The summed E-state index contributed by atoms with van der Waals surface area (Å²) < 4.78 is 0. The second-order valence-corrected chi connectivity index (χ2v) is 7.78. The molecule has 2 fully saturated rings. The van der Waals surface area contributed by atoms with E-state index < -0.39 is 0 Å². The number of hydrogen-bond acceptors (Lipinski definition) is 3. The molecule has 1 saturated carbocycles. The zero-order valence-electron chi connectivity index (χ0n) is 15.5. The monoisotopic (exact) mass is 374 g/mol. The van der Waals surface area contributed by atoms with Gasteiger partial charge in [-0.1, -0.05) is 24.3 Å². The Hall–Kier alpha value is -3.15. The number of likely N-dealkylation sites (tertiary alicyclic amines) is 1. The van der Waals surface area contributed by atoms with Crippen LogP contribution in [0.3, 0.4) is 0 Å². The van der Waals surface area contributed by atoms with E-state index in [9.17, 15) is 9.59 Å². The molecule has 0 bridgehead atoms. The van der Waals surface area contributed by atoms with Crippen LogP contribution in [0.25, 0.3) is 22.4 Å². The number of para-hydroxylation sites is 3. The molecule has 1 unspecified atom stereocenters. The zero-order valence-corrected chi connectivity index (χ0v) is 15.5. The molecule has 3 aromatic rings. The van der Waals surface area contributed by atoms with Crippen LogP contribution in [0.1, 0.15) is 19.3 Å². The molecule has 1 saturated heterocycles. The number of benzene rings is 2. The maximum atomic E-state index is 12.8. The van der Waals surface area contributed by atoms with E-state index in [1.807, 2.05) is 53.4 Å². The van der Waals surface area contributed by atoms with Crippen molar-refractivity contribution in [2.75, 3.05) is 18.4 Å². The van der Waals surface area contributed by atoms with Gasteiger partial charge in [0.2, 0.25) is 11.8 Å². The van der Waals surface area contributed by atoms with Crippen molar-refractivity contribution in [1.82, 2.24) is 14.9 Å². The number of fused-ring (bicyclic) bond motifs is 1. The summed E-state index contributed by atoms with van der Waals surface area (Å²) in [5.41, 5.74) is 3.39. The first-order valence-electron chi connectivity index (χ1n) is 9.80. The number of carbonyl (C=O) groups is 2. The van der Waals surface area contributed by atoms with Gasteiger partial charge in [0.05, 0.1) is 22.6 Å². The largest absolute Gasteiger partial charge is 0.342 e. The normalized spacial score (nSPS) is 19.4. The molecule has 142 valence electrons. The Morgan fingerprint density at radius 1 is 1.14 bits per heavy atom. The fourth-order valence-corrected chi connectivity index (χ4v) is 3.85. The summed E-state index contributed by atoms with van der Waals surface area (Å²) in [7, 11) is 0. The number of anilines is 1. The number of imidazole rings is 1. The van der Waals surface area contributed by atoms with Gasteiger partial charge in [-0.05, 0) is 43.0 Å². The molecular weight excluding hydrogens is 352 g/mol. The Labute approximate surface area is 163 Å². The van der Waals surface area contributed by atoms with Gasteiger partial charge in [-0.15, -0.1) is 0 Å². The van der Waals surface area contributed by atoms with Crippen molar-refractivity contribution in [2.24, 2.45) is 11.8 Å². The van der Waals surface area contributed by atoms with E-state index in [2.05, 4.69) is 15.3 Å². The Balaban J connectivity index is 1.35. The predicted molar refractivity (Wildman–Crippen MR) is 108 cm³/mol. The van der Waals surface area contributed by atoms with Gasteiger partial charge in [-0.2, -0.15) is 0 Å². The van der Waals surface area contributed by atoms with Crippen molar-refractivity contribution < 1.29 is 9.59 Å². The highest BCUT2D eigenvalue weighted by Crippen LogP contribution is 2.33. The molecule has 2 amide bonds. The molecule has 0 spiro atoms. The summed E-state index contributed by atoms with van der Waals surface area (Å²) in [5, 5.41) is 3.03. The number of rotatable bonds is 5. The van der Waals surface area contributed by atoms with Crippen LogP contribution in [0.2, 0.25) is 0 Å². The first kappa shape index (κ1) is 17.0. The van der Waals surface area contributed by atoms with E-state index in [4.69, 9.17) is 0 Å². The molecule has 1 aromatic heterocycles. The highest BCUT2D eigenvalue weighted by molar-refractivity contribution is 5.99. The second-order valence-electron chi connectivity index (χ2n) is 7.78. The number of H-pyrrole nitrogens is 1. The third kappa shape index (κ3) is 3.26. The molecule has 1 atom stereocenters. The summed E-state index contributed by atoms with van der Waals surface area (Å²) in [6.45, 7) is 1.33. The number of nitrogens with zero attached hydrogens (tertiary/aromatic N) is 2. The molecule has 2 heterocycles. The minimum atomic E-state index is -0.296. The van der Waals surface area contributed by atoms with Crippen LogP contribution < -0.4 is 5.32 Å². The summed E-state index contributed by atoms with van der Waals surface area (Å²) >= 11 is 0. The van der Waals surface area contributed by atoms with Crippen molar-refractivity contribution >= 4 is 28.5 Å². The second kappa shape index (κ2) is 6.78. The molecule has 2 N–H and O–H groups in total. The minimum absolute atomic E-state index is 0.0950. The average molecular weight is 374 g/mol. The standard InChI is InChI=1S/C22H22N4O2/c27-20-11-15(13-26(20)12-14-9-10-14)22(28)25-17-6-2-1-5-16(17)21-23-18-7-3-4-8-19(18)24-21/h1-8,14-15H,9-13H2,(H,23,24)(H,25,28). The van der Waals surface area contributed by atoms with Crippen molar-refractivity contribution in [3.05, 3.63) is 48.5 Å². The van der Waals surface area contributed by atoms with Gasteiger partial charge in [-0.3, -0.25) is 9.59 Å². The number of nitrogens with one attached hydrogen (secondary N) is 2. The van der Waals surface area contributed by atoms with Gasteiger partial charge in [0, 0.05) is 25.1 Å². The van der Waals surface area contributed by atoms with Crippen molar-refractivity contribution in [1.29, 1.82) is 0 Å². The first-order valence-corrected chi connectivity index (χ1v) is 9.80. The lowest BCUT2D eigenvalue weighted by molar-refractivity contribution is -0.128. The number of carbonyl (C=O) groups excluding carboxylic acids is 2. The maximum Gasteiger partial charge on any atom is 0.229 e.